The topological polar surface area (TPSA) is 49.8 Å². The van der Waals surface area contributed by atoms with Gasteiger partial charge >= 0.3 is 0 Å². The normalized spacial score (nSPS) is 20.2. The molecule has 0 saturated carbocycles. The number of nitrogens with zero attached hydrogens (tertiary/aromatic N) is 2. The van der Waals surface area contributed by atoms with E-state index in [0.717, 1.165) is 25.3 Å². The van der Waals surface area contributed by atoms with Gasteiger partial charge in [-0.3, -0.25) is 0 Å². The fourth-order valence-corrected chi connectivity index (χ4v) is 1.48. The van der Waals surface area contributed by atoms with Crippen molar-refractivity contribution in [3.8, 4) is 0 Å². The maximum absolute atomic E-state index is 5.61. The summed E-state index contributed by atoms with van der Waals surface area (Å²) >= 11 is 5.61. The number of hydrogen-bond donors (Lipinski definition) is 2. The Morgan fingerprint density at radius 1 is 1.43 bits per heavy atom. The third-order valence-corrected chi connectivity index (χ3v) is 2.25. The minimum atomic E-state index is 0. The number of rotatable bonds is 2. The van der Waals surface area contributed by atoms with Gasteiger partial charge in [-0.1, -0.05) is 11.6 Å². The average molecular weight is 235 g/mol. The van der Waals surface area contributed by atoms with Gasteiger partial charge in [-0.25, -0.2) is 0 Å². The molecule has 1 fully saturated rings. The predicted molar refractivity (Wildman–Crippen MR) is 59.2 cm³/mol. The first-order chi connectivity index (χ1) is 6.34. The number of hydrogen-bond acceptors (Lipinski definition) is 4. The van der Waals surface area contributed by atoms with Crippen LogP contribution in [-0.4, -0.2) is 29.3 Å². The maximum Gasteiger partial charge on any atom is 0.151 e. The molecule has 2 rings (SSSR count). The zero-order valence-electron chi connectivity index (χ0n) is 7.53. The molecule has 2 N–H and O–H groups in total. The second-order valence-corrected chi connectivity index (χ2v) is 3.46. The van der Waals surface area contributed by atoms with Crippen LogP contribution in [0.5, 0.6) is 0 Å². The van der Waals surface area contributed by atoms with Crippen molar-refractivity contribution in [2.24, 2.45) is 0 Å². The molecule has 1 atom stereocenters. The van der Waals surface area contributed by atoms with Crippen LogP contribution in [-0.2, 0) is 0 Å². The Morgan fingerprint density at radius 3 is 2.86 bits per heavy atom. The molecule has 78 valence electrons. The van der Waals surface area contributed by atoms with E-state index < -0.39 is 0 Å². The van der Waals surface area contributed by atoms with E-state index in [4.69, 9.17) is 11.6 Å². The SMILES string of the molecule is Cl.Clc1ccc(N[C@H]2CCNC2)nn1. The van der Waals surface area contributed by atoms with E-state index in [2.05, 4.69) is 20.8 Å². The molecule has 1 aliphatic rings. The summed E-state index contributed by atoms with van der Waals surface area (Å²) in [6.07, 6.45) is 1.13. The summed E-state index contributed by atoms with van der Waals surface area (Å²) in [6, 6.07) is 4.04. The van der Waals surface area contributed by atoms with Crippen LogP contribution >= 0.6 is 24.0 Å². The average Bonchev–Trinajstić information content (AvgIpc) is 2.62. The predicted octanol–water partition coefficient (Wildman–Crippen LogP) is 1.33. The van der Waals surface area contributed by atoms with Crippen LogP contribution in [0, 0.1) is 0 Å². The second-order valence-electron chi connectivity index (χ2n) is 3.08. The Balaban J connectivity index is 0.000000980. The molecule has 0 bridgehead atoms. The summed E-state index contributed by atoms with van der Waals surface area (Å²) in [7, 11) is 0. The van der Waals surface area contributed by atoms with Crippen LogP contribution < -0.4 is 10.6 Å². The lowest BCUT2D eigenvalue weighted by Crippen LogP contribution is -2.22. The summed E-state index contributed by atoms with van der Waals surface area (Å²) in [4.78, 5) is 0. The molecule has 6 heteroatoms. The first-order valence-electron chi connectivity index (χ1n) is 4.31. The van der Waals surface area contributed by atoms with Gasteiger partial charge in [0.25, 0.3) is 0 Å². The van der Waals surface area contributed by atoms with E-state index in [-0.39, 0.29) is 12.4 Å². The molecule has 0 amide bonds. The van der Waals surface area contributed by atoms with E-state index in [1.807, 2.05) is 6.07 Å². The largest absolute Gasteiger partial charge is 0.365 e. The van der Waals surface area contributed by atoms with Gasteiger partial charge in [0.1, 0.15) is 5.82 Å². The molecular weight excluding hydrogens is 223 g/mol. The molecule has 0 aliphatic carbocycles. The lowest BCUT2D eigenvalue weighted by molar-refractivity contribution is 0.782. The van der Waals surface area contributed by atoms with E-state index in [0.29, 0.717) is 11.2 Å². The fourth-order valence-electron chi connectivity index (χ4n) is 1.38. The van der Waals surface area contributed by atoms with Gasteiger partial charge in [0.2, 0.25) is 0 Å². The lowest BCUT2D eigenvalue weighted by atomic mass is 10.2. The number of aromatic nitrogens is 2. The monoisotopic (exact) mass is 234 g/mol. The number of anilines is 1. The van der Waals surface area contributed by atoms with E-state index in [9.17, 15) is 0 Å². The van der Waals surface area contributed by atoms with Crippen molar-refractivity contribution >= 4 is 29.8 Å². The smallest absolute Gasteiger partial charge is 0.151 e. The van der Waals surface area contributed by atoms with Crippen molar-refractivity contribution in [1.82, 2.24) is 15.5 Å². The highest BCUT2D eigenvalue weighted by molar-refractivity contribution is 6.29. The molecule has 1 aromatic rings. The molecule has 0 unspecified atom stereocenters. The van der Waals surface area contributed by atoms with Gasteiger partial charge in [0.05, 0.1) is 0 Å². The molecular formula is C8H12Cl2N4. The highest BCUT2D eigenvalue weighted by Crippen LogP contribution is 2.09. The van der Waals surface area contributed by atoms with E-state index >= 15 is 0 Å². The van der Waals surface area contributed by atoms with Crippen LogP contribution in [0.3, 0.4) is 0 Å². The van der Waals surface area contributed by atoms with Crippen molar-refractivity contribution in [3.63, 3.8) is 0 Å². The summed E-state index contributed by atoms with van der Waals surface area (Å²) in [5.74, 6) is 0.790. The molecule has 14 heavy (non-hydrogen) atoms. The van der Waals surface area contributed by atoms with Crippen molar-refractivity contribution in [2.75, 3.05) is 18.4 Å². The zero-order valence-corrected chi connectivity index (χ0v) is 9.11. The minimum absolute atomic E-state index is 0. The van der Waals surface area contributed by atoms with E-state index in [1.54, 1.807) is 6.07 Å². The molecule has 2 heterocycles. The first-order valence-corrected chi connectivity index (χ1v) is 4.69. The molecule has 0 spiro atoms. The van der Waals surface area contributed by atoms with Crippen molar-refractivity contribution < 1.29 is 0 Å². The molecule has 1 saturated heterocycles. The van der Waals surface area contributed by atoms with E-state index in [1.165, 1.54) is 0 Å². The fraction of sp³-hybridized carbons (Fsp3) is 0.500. The highest BCUT2D eigenvalue weighted by atomic mass is 35.5. The van der Waals surface area contributed by atoms with Gasteiger partial charge in [0, 0.05) is 12.6 Å². The van der Waals surface area contributed by atoms with Crippen molar-refractivity contribution in [1.29, 1.82) is 0 Å². The third-order valence-electron chi connectivity index (χ3n) is 2.04. The summed E-state index contributed by atoms with van der Waals surface area (Å²) in [6.45, 7) is 2.06. The van der Waals surface area contributed by atoms with Gasteiger partial charge in [-0.05, 0) is 25.1 Å². The Morgan fingerprint density at radius 2 is 2.29 bits per heavy atom. The van der Waals surface area contributed by atoms with Crippen molar-refractivity contribution in [3.05, 3.63) is 17.3 Å². The second kappa shape index (κ2) is 5.34. The van der Waals surface area contributed by atoms with Crippen LogP contribution in [0.25, 0.3) is 0 Å². The third kappa shape index (κ3) is 2.97. The number of nitrogens with one attached hydrogen (secondary N) is 2. The van der Waals surface area contributed by atoms with Gasteiger partial charge < -0.3 is 10.6 Å². The van der Waals surface area contributed by atoms with Crippen molar-refractivity contribution in [2.45, 2.75) is 12.5 Å². The van der Waals surface area contributed by atoms with Crippen LogP contribution in [0.1, 0.15) is 6.42 Å². The quantitative estimate of drug-likeness (QED) is 0.811. The standard InChI is InChI=1S/C8H11ClN4.ClH/c9-7-1-2-8(13-12-7)11-6-3-4-10-5-6;/h1-2,6,10H,3-5H2,(H,11,13);1H/t6-;/m0./s1. The van der Waals surface area contributed by atoms with Crippen LogP contribution in [0.2, 0.25) is 5.15 Å². The number of halogens is 2. The summed E-state index contributed by atoms with van der Waals surface area (Å²) < 4.78 is 0. The Labute approximate surface area is 93.8 Å². The molecule has 0 radical (unpaired) electrons. The van der Waals surface area contributed by atoms with Gasteiger partial charge in [0.15, 0.2) is 5.15 Å². The molecule has 0 aromatic carbocycles. The summed E-state index contributed by atoms with van der Waals surface area (Å²) in [5.41, 5.74) is 0. The first kappa shape index (κ1) is 11.5. The zero-order chi connectivity index (χ0) is 9.10. The Bertz CT molecular complexity index is 271. The molecule has 4 nitrogen and oxygen atoms in total. The molecule has 1 aliphatic heterocycles. The van der Waals surface area contributed by atoms with Gasteiger partial charge in [-0.15, -0.1) is 22.6 Å². The lowest BCUT2D eigenvalue weighted by Gasteiger charge is -2.10. The molecule has 1 aromatic heterocycles. The van der Waals surface area contributed by atoms with Gasteiger partial charge in [-0.2, -0.15) is 0 Å². The van der Waals surface area contributed by atoms with Crippen LogP contribution in [0.15, 0.2) is 12.1 Å². The highest BCUT2D eigenvalue weighted by Gasteiger charge is 2.13. The Kier molecular flexibility index (Phi) is 4.38. The maximum atomic E-state index is 5.61. The summed E-state index contributed by atoms with van der Waals surface area (Å²) in [5, 5.41) is 14.6. The minimum Gasteiger partial charge on any atom is -0.365 e. The Hall–Kier alpha value is -0.580. The van der Waals surface area contributed by atoms with Crippen LogP contribution in [0.4, 0.5) is 5.82 Å².